The molecule has 0 saturated carbocycles. The van der Waals surface area contributed by atoms with Crippen LogP contribution in [0.4, 0.5) is 0 Å². The molecule has 0 rings (SSSR count). The molecule has 0 heterocycles. The van der Waals surface area contributed by atoms with E-state index >= 15 is 0 Å². The molecule has 0 amide bonds. The SMILES string of the molecule is C=CC(=O)OC(C)CCCNCCCC(C)OC(=O)C=C. The smallest absolute Gasteiger partial charge is 0.330 e. The monoisotopic (exact) mass is 297 g/mol. The topological polar surface area (TPSA) is 64.6 Å². The molecule has 1 N–H and O–H groups in total. The molecule has 0 aromatic heterocycles. The zero-order valence-corrected chi connectivity index (χ0v) is 13.1. The van der Waals surface area contributed by atoms with E-state index in [1.807, 2.05) is 13.8 Å². The van der Waals surface area contributed by atoms with E-state index in [4.69, 9.17) is 9.47 Å². The molecule has 0 aliphatic rings. The highest BCUT2D eigenvalue weighted by Gasteiger charge is 2.07. The fourth-order valence-electron chi connectivity index (χ4n) is 1.76. The van der Waals surface area contributed by atoms with Crippen LogP contribution >= 0.6 is 0 Å². The van der Waals surface area contributed by atoms with Crippen molar-refractivity contribution < 1.29 is 19.1 Å². The van der Waals surface area contributed by atoms with Crippen molar-refractivity contribution in [2.45, 2.75) is 51.7 Å². The minimum atomic E-state index is -0.376. The summed E-state index contributed by atoms with van der Waals surface area (Å²) < 4.78 is 10.1. The van der Waals surface area contributed by atoms with Crippen molar-refractivity contribution in [2.24, 2.45) is 0 Å². The highest BCUT2D eigenvalue weighted by molar-refractivity contribution is 5.81. The molecule has 5 heteroatoms. The van der Waals surface area contributed by atoms with Crippen LogP contribution in [-0.4, -0.2) is 37.2 Å². The van der Waals surface area contributed by atoms with Gasteiger partial charge in [-0.15, -0.1) is 0 Å². The Hall–Kier alpha value is -1.62. The first-order chi connectivity index (χ1) is 9.99. The van der Waals surface area contributed by atoms with Crippen LogP contribution in [-0.2, 0) is 19.1 Å². The molecule has 0 fully saturated rings. The van der Waals surface area contributed by atoms with E-state index in [1.165, 1.54) is 12.2 Å². The third kappa shape index (κ3) is 11.9. The van der Waals surface area contributed by atoms with Crippen LogP contribution < -0.4 is 5.32 Å². The first-order valence-corrected chi connectivity index (χ1v) is 7.36. The van der Waals surface area contributed by atoms with E-state index in [9.17, 15) is 9.59 Å². The number of esters is 2. The summed E-state index contributed by atoms with van der Waals surface area (Å²) in [6.45, 7) is 12.2. The molecule has 0 bridgehead atoms. The fourth-order valence-corrected chi connectivity index (χ4v) is 1.76. The van der Waals surface area contributed by atoms with Gasteiger partial charge in [0.15, 0.2) is 0 Å². The molecule has 0 aliphatic heterocycles. The van der Waals surface area contributed by atoms with Crippen LogP contribution in [0.3, 0.4) is 0 Å². The van der Waals surface area contributed by atoms with Gasteiger partial charge in [-0.2, -0.15) is 0 Å². The van der Waals surface area contributed by atoms with E-state index in [0.717, 1.165) is 38.8 Å². The lowest BCUT2D eigenvalue weighted by Crippen LogP contribution is -2.21. The molecule has 120 valence electrons. The summed E-state index contributed by atoms with van der Waals surface area (Å²) in [6, 6.07) is 0. The van der Waals surface area contributed by atoms with Crippen LogP contribution in [0.2, 0.25) is 0 Å². The molecule has 0 aromatic rings. The lowest BCUT2D eigenvalue weighted by molar-refractivity contribution is -0.143. The summed E-state index contributed by atoms with van der Waals surface area (Å²) in [5.41, 5.74) is 0. The maximum atomic E-state index is 11.0. The van der Waals surface area contributed by atoms with Crippen LogP contribution in [0, 0.1) is 0 Å². The molecule has 2 unspecified atom stereocenters. The Labute approximate surface area is 127 Å². The van der Waals surface area contributed by atoms with Crippen molar-refractivity contribution in [3.8, 4) is 0 Å². The summed E-state index contributed by atoms with van der Waals surface area (Å²) in [5.74, 6) is -0.753. The van der Waals surface area contributed by atoms with Gasteiger partial charge >= 0.3 is 11.9 Å². The van der Waals surface area contributed by atoms with Gasteiger partial charge in [-0.3, -0.25) is 0 Å². The highest BCUT2D eigenvalue weighted by atomic mass is 16.5. The third-order valence-electron chi connectivity index (χ3n) is 2.90. The van der Waals surface area contributed by atoms with Crippen molar-refractivity contribution >= 4 is 11.9 Å². The van der Waals surface area contributed by atoms with Gasteiger partial charge in [0.25, 0.3) is 0 Å². The first-order valence-electron chi connectivity index (χ1n) is 7.36. The van der Waals surface area contributed by atoms with Gasteiger partial charge in [-0.05, 0) is 52.6 Å². The third-order valence-corrected chi connectivity index (χ3v) is 2.90. The van der Waals surface area contributed by atoms with Crippen LogP contribution in [0.5, 0.6) is 0 Å². The standard InChI is InChI=1S/C16H27NO4/c1-5-15(18)20-13(3)9-7-11-17-12-8-10-14(4)21-16(19)6-2/h5-6,13-14,17H,1-2,7-12H2,3-4H3. The van der Waals surface area contributed by atoms with Crippen LogP contribution in [0.1, 0.15) is 39.5 Å². The van der Waals surface area contributed by atoms with E-state index in [0.29, 0.717) is 0 Å². The lowest BCUT2D eigenvalue weighted by Gasteiger charge is -2.13. The zero-order chi connectivity index (χ0) is 16.1. The van der Waals surface area contributed by atoms with Gasteiger partial charge in [-0.25, -0.2) is 9.59 Å². The van der Waals surface area contributed by atoms with Crippen LogP contribution in [0.25, 0.3) is 0 Å². The number of nitrogens with one attached hydrogen (secondary N) is 1. The molecule has 0 aromatic carbocycles. The van der Waals surface area contributed by atoms with Gasteiger partial charge in [0, 0.05) is 12.2 Å². The summed E-state index contributed by atoms with van der Waals surface area (Å²) in [7, 11) is 0. The first kappa shape index (κ1) is 19.4. The van der Waals surface area contributed by atoms with Gasteiger partial charge in [-0.1, -0.05) is 13.2 Å². The Morgan fingerprint density at radius 2 is 1.33 bits per heavy atom. The molecular weight excluding hydrogens is 270 g/mol. The molecule has 0 saturated heterocycles. The lowest BCUT2D eigenvalue weighted by atomic mass is 10.2. The molecule has 0 radical (unpaired) electrons. The summed E-state index contributed by atoms with van der Waals surface area (Å²) >= 11 is 0. The zero-order valence-electron chi connectivity index (χ0n) is 13.1. The van der Waals surface area contributed by atoms with E-state index in [-0.39, 0.29) is 24.1 Å². The number of rotatable bonds is 12. The minimum absolute atomic E-state index is 0.0874. The van der Waals surface area contributed by atoms with Gasteiger partial charge in [0.05, 0.1) is 12.2 Å². The second-order valence-corrected chi connectivity index (χ2v) is 4.94. The maximum absolute atomic E-state index is 11.0. The molecular formula is C16H27NO4. The minimum Gasteiger partial charge on any atom is -0.460 e. The van der Waals surface area contributed by atoms with Crippen molar-refractivity contribution in [1.29, 1.82) is 0 Å². The van der Waals surface area contributed by atoms with Crippen LogP contribution in [0.15, 0.2) is 25.3 Å². The molecule has 0 spiro atoms. The summed E-state index contributed by atoms with van der Waals surface area (Å²) in [4.78, 5) is 21.9. The van der Waals surface area contributed by atoms with Crippen molar-refractivity contribution in [2.75, 3.05) is 13.1 Å². The molecule has 2 atom stereocenters. The van der Waals surface area contributed by atoms with E-state index < -0.39 is 0 Å². The van der Waals surface area contributed by atoms with Crippen molar-refractivity contribution in [3.63, 3.8) is 0 Å². The second kappa shape index (κ2) is 12.1. The summed E-state index contributed by atoms with van der Waals surface area (Å²) in [5, 5.41) is 3.31. The quantitative estimate of drug-likeness (QED) is 0.340. The van der Waals surface area contributed by atoms with Gasteiger partial charge in [0.1, 0.15) is 0 Å². The molecule has 0 aliphatic carbocycles. The average molecular weight is 297 g/mol. The largest absolute Gasteiger partial charge is 0.460 e. The predicted octanol–water partition coefficient (Wildman–Crippen LogP) is 2.37. The van der Waals surface area contributed by atoms with Crippen molar-refractivity contribution in [1.82, 2.24) is 5.32 Å². The Morgan fingerprint density at radius 1 is 0.952 bits per heavy atom. The van der Waals surface area contributed by atoms with E-state index in [1.54, 1.807) is 0 Å². The predicted molar refractivity (Wildman–Crippen MR) is 82.8 cm³/mol. The average Bonchev–Trinajstić information content (AvgIpc) is 2.45. The maximum Gasteiger partial charge on any atom is 0.330 e. The summed E-state index contributed by atoms with van der Waals surface area (Å²) in [6.07, 6.45) is 5.69. The molecule has 5 nitrogen and oxygen atoms in total. The number of ether oxygens (including phenoxy) is 2. The number of carbonyl (C=O) groups excluding carboxylic acids is 2. The molecule has 21 heavy (non-hydrogen) atoms. The number of carbonyl (C=O) groups is 2. The second-order valence-electron chi connectivity index (χ2n) is 4.94. The Morgan fingerprint density at radius 3 is 1.67 bits per heavy atom. The van der Waals surface area contributed by atoms with E-state index in [2.05, 4.69) is 18.5 Å². The Bertz CT molecular complexity index is 309. The fraction of sp³-hybridized carbons (Fsp3) is 0.625. The van der Waals surface area contributed by atoms with Gasteiger partial charge < -0.3 is 14.8 Å². The van der Waals surface area contributed by atoms with Crippen molar-refractivity contribution in [3.05, 3.63) is 25.3 Å². The Kier molecular flexibility index (Phi) is 11.2. The number of hydrogen-bond acceptors (Lipinski definition) is 5. The normalized spacial score (nSPS) is 13.0. The van der Waals surface area contributed by atoms with Gasteiger partial charge in [0.2, 0.25) is 0 Å². The highest BCUT2D eigenvalue weighted by Crippen LogP contribution is 2.03. The Balaban J connectivity index is 3.44. The number of hydrogen-bond donors (Lipinski definition) is 1.